The number of thiophene rings is 1. The lowest BCUT2D eigenvalue weighted by Gasteiger charge is -2.23. The van der Waals surface area contributed by atoms with E-state index in [0.717, 1.165) is 30.5 Å². The summed E-state index contributed by atoms with van der Waals surface area (Å²) >= 11 is 1.71. The van der Waals surface area contributed by atoms with E-state index >= 15 is 0 Å². The fourth-order valence-electron chi connectivity index (χ4n) is 3.30. The Balaban J connectivity index is 1.49. The summed E-state index contributed by atoms with van der Waals surface area (Å²) in [6, 6.07) is 12.2. The van der Waals surface area contributed by atoms with E-state index in [4.69, 9.17) is 0 Å². The van der Waals surface area contributed by atoms with Gasteiger partial charge in [-0.25, -0.2) is 0 Å². The number of benzene rings is 1. The Morgan fingerprint density at radius 3 is 2.96 bits per heavy atom. The van der Waals surface area contributed by atoms with Crippen LogP contribution < -0.4 is 0 Å². The summed E-state index contributed by atoms with van der Waals surface area (Å²) in [5.41, 5.74) is 2.03. The maximum Gasteiger partial charge on any atom is 0.246 e. The normalized spacial score (nSPS) is 17.2. The molecule has 1 saturated heterocycles. The van der Waals surface area contributed by atoms with Gasteiger partial charge in [-0.2, -0.15) is 4.80 Å². The minimum absolute atomic E-state index is 0.0460. The highest BCUT2D eigenvalue weighted by molar-refractivity contribution is 7.10. The Labute approximate surface area is 150 Å². The van der Waals surface area contributed by atoms with Crippen LogP contribution in [0.15, 0.2) is 41.8 Å². The molecule has 25 heavy (non-hydrogen) atoms. The van der Waals surface area contributed by atoms with Gasteiger partial charge in [0.1, 0.15) is 6.54 Å². The van der Waals surface area contributed by atoms with Crippen LogP contribution in [0, 0.1) is 6.92 Å². The highest BCUT2D eigenvalue weighted by atomic mass is 32.1. The number of hydrogen-bond donors (Lipinski definition) is 0. The molecule has 3 aromatic rings. The number of tetrazole rings is 1. The zero-order valence-electron chi connectivity index (χ0n) is 14.0. The highest BCUT2D eigenvalue weighted by Crippen LogP contribution is 2.34. The molecule has 0 spiro atoms. The number of aromatic nitrogens is 4. The van der Waals surface area contributed by atoms with E-state index in [1.165, 1.54) is 9.67 Å². The number of carbonyl (C=O) groups excluding carboxylic acids is 1. The van der Waals surface area contributed by atoms with E-state index in [0.29, 0.717) is 5.82 Å². The molecule has 0 bridgehead atoms. The second-order valence-electron chi connectivity index (χ2n) is 6.22. The lowest BCUT2D eigenvalue weighted by atomic mass is 10.1. The first-order valence-electron chi connectivity index (χ1n) is 8.39. The van der Waals surface area contributed by atoms with Crippen molar-refractivity contribution < 1.29 is 4.79 Å². The van der Waals surface area contributed by atoms with Gasteiger partial charge in [-0.05, 0) is 42.0 Å². The van der Waals surface area contributed by atoms with Crippen LogP contribution >= 0.6 is 11.3 Å². The third-order valence-corrected chi connectivity index (χ3v) is 5.53. The second kappa shape index (κ2) is 6.76. The topological polar surface area (TPSA) is 63.9 Å². The first-order chi connectivity index (χ1) is 12.2. The van der Waals surface area contributed by atoms with Crippen LogP contribution in [0.3, 0.4) is 0 Å². The predicted molar refractivity (Wildman–Crippen MR) is 96.0 cm³/mol. The molecule has 0 radical (unpaired) electrons. The van der Waals surface area contributed by atoms with Crippen molar-refractivity contribution in [2.75, 3.05) is 6.54 Å². The lowest BCUT2D eigenvalue weighted by molar-refractivity contribution is -0.133. The van der Waals surface area contributed by atoms with Crippen LogP contribution in [0.5, 0.6) is 0 Å². The summed E-state index contributed by atoms with van der Waals surface area (Å²) in [4.78, 5) is 17.3. The third kappa shape index (κ3) is 3.19. The van der Waals surface area contributed by atoms with Gasteiger partial charge >= 0.3 is 0 Å². The predicted octanol–water partition coefficient (Wildman–Crippen LogP) is 3.07. The zero-order valence-corrected chi connectivity index (χ0v) is 14.8. The summed E-state index contributed by atoms with van der Waals surface area (Å²) in [7, 11) is 0. The Hall–Kier alpha value is -2.54. The van der Waals surface area contributed by atoms with Crippen LogP contribution in [0.1, 0.15) is 29.3 Å². The fourth-order valence-corrected chi connectivity index (χ4v) is 4.17. The quantitative estimate of drug-likeness (QED) is 0.723. The number of aryl methyl sites for hydroxylation is 1. The number of likely N-dealkylation sites (tertiary alicyclic amines) is 1. The molecule has 4 rings (SSSR count). The molecule has 0 saturated carbocycles. The minimum atomic E-state index is 0.0460. The van der Waals surface area contributed by atoms with Gasteiger partial charge < -0.3 is 4.90 Å². The van der Waals surface area contributed by atoms with E-state index < -0.39 is 0 Å². The smallest absolute Gasteiger partial charge is 0.246 e. The molecule has 1 aliphatic heterocycles. The van der Waals surface area contributed by atoms with Crippen molar-refractivity contribution in [2.24, 2.45) is 0 Å². The van der Waals surface area contributed by atoms with Crippen molar-refractivity contribution >= 4 is 17.2 Å². The summed E-state index contributed by atoms with van der Waals surface area (Å²) in [6.07, 6.45) is 2.05. The molecular formula is C18H19N5OS. The van der Waals surface area contributed by atoms with Gasteiger partial charge in [0.25, 0.3) is 0 Å². The largest absolute Gasteiger partial charge is 0.333 e. The van der Waals surface area contributed by atoms with E-state index in [9.17, 15) is 4.79 Å². The van der Waals surface area contributed by atoms with Crippen molar-refractivity contribution in [3.63, 3.8) is 0 Å². The minimum Gasteiger partial charge on any atom is -0.333 e. The monoisotopic (exact) mass is 353 g/mol. The molecule has 1 atom stereocenters. The van der Waals surface area contributed by atoms with Gasteiger partial charge in [0.2, 0.25) is 11.7 Å². The summed E-state index contributed by atoms with van der Waals surface area (Å²) in [6.45, 7) is 2.93. The van der Waals surface area contributed by atoms with E-state index in [1.54, 1.807) is 11.3 Å². The maximum atomic E-state index is 12.7. The number of amides is 1. The Morgan fingerprint density at radius 1 is 1.28 bits per heavy atom. The van der Waals surface area contributed by atoms with Crippen molar-refractivity contribution in [2.45, 2.75) is 32.4 Å². The molecule has 6 nitrogen and oxygen atoms in total. The molecule has 7 heteroatoms. The highest BCUT2D eigenvalue weighted by Gasteiger charge is 2.30. The Kier molecular flexibility index (Phi) is 4.31. The first-order valence-corrected chi connectivity index (χ1v) is 9.27. The molecule has 0 unspecified atom stereocenters. The zero-order chi connectivity index (χ0) is 17.2. The van der Waals surface area contributed by atoms with Crippen LogP contribution in [0.25, 0.3) is 11.4 Å². The molecule has 0 N–H and O–H groups in total. The summed E-state index contributed by atoms with van der Waals surface area (Å²) in [5, 5.41) is 14.6. The van der Waals surface area contributed by atoms with Crippen LogP contribution in [-0.2, 0) is 11.3 Å². The van der Waals surface area contributed by atoms with Gasteiger partial charge in [-0.3, -0.25) is 4.79 Å². The van der Waals surface area contributed by atoms with Crippen LogP contribution in [-0.4, -0.2) is 37.6 Å². The molecule has 0 aliphatic carbocycles. The van der Waals surface area contributed by atoms with Gasteiger partial charge in [-0.1, -0.05) is 30.3 Å². The van der Waals surface area contributed by atoms with Crippen LogP contribution in [0.2, 0.25) is 0 Å². The van der Waals surface area contributed by atoms with Gasteiger partial charge in [0.05, 0.1) is 6.04 Å². The van der Waals surface area contributed by atoms with Gasteiger partial charge in [0, 0.05) is 17.0 Å². The second-order valence-corrected chi connectivity index (χ2v) is 7.20. The van der Waals surface area contributed by atoms with E-state index in [-0.39, 0.29) is 18.5 Å². The maximum absolute atomic E-state index is 12.7. The third-order valence-electron chi connectivity index (χ3n) is 4.56. The molecule has 128 valence electrons. The van der Waals surface area contributed by atoms with Crippen LogP contribution in [0.4, 0.5) is 0 Å². The van der Waals surface area contributed by atoms with Gasteiger partial charge in [-0.15, -0.1) is 21.5 Å². The van der Waals surface area contributed by atoms with Crippen molar-refractivity contribution in [1.29, 1.82) is 0 Å². The average Bonchev–Trinajstić information content (AvgIpc) is 3.36. The van der Waals surface area contributed by atoms with Crippen molar-refractivity contribution in [1.82, 2.24) is 25.1 Å². The molecule has 1 aromatic carbocycles. The molecule has 1 aliphatic rings. The number of carbonyl (C=O) groups is 1. The molecule has 2 aromatic heterocycles. The Morgan fingerprint density at radius 2 is 2.16 bits per heavy atom. The Bertz CT molecular complexity index is 873. The summed E-state index contributed by atoms with van der Waals surface area (Å²) in [5.74, 6) is 0.603. The lowest BCUT2D eigenvalue weighted by Crippen LogP contribution is -2.33. The SMILES string of the molecule is Cc1ccccc1-c1nnn(CC(=O)N2CCC[C@@H]2c2cccs2)n1. The van der Waals surface area contributed by atoms with Gasteiger partial charge in [0.15, 0.2) is 0 Å². The summed E-state index contributed by atoms with van der Waals surface area (Å²) < 4.78 is 0. The van der Waals surface area contributed by atoms with Crippen molar-refractivity contribution in [3.05, 3.63) is 52.2 Å². The van der Waals surface area contributed by atoms with Crippen molar-refractivity contribution in [3.8, 4) is 11.4 Å². The molecule has 1 amide bonds. The number of hydrogen-bond acceptors (Lipinski definition) is 5. The first kappa shape index (κ1) is 16.0. The average molecular weight is 353 g/mol. The molecule has 3 heterocycles. The molecule has 1 fully saturated rings. The molecular weight excluding hydrogens is 334 g/mol. The van der Waals surface area contributed by atoms with E-state index in [1.807, 2.05) is 42.2 Å². The fraction of sp³-hybridized carbons (Fsp3) is 0.333. The standard InChI is InChI=1S/C18H19N5OS/c1-13-6-2-3-7-14(13)18-19-21-23(20-18)12-17(24)22-10-4-8-15(22)16-9-5-11-25-16/h2-3,5-7,9,11,15H,4,8,10,12H2,1H3/t15-/m1/s1. The number of rotatable bonds is 4. The number of nitrogens with zero attached hydrogens (tertiary/aromatic N) is 5. The van der Waals surface area contributed by atoms with E-state index in [2.05, 4.69) is 26.9 Å².